The molecule has 0 aromatic heterocycles. The first-order chi connectivity index (χ1) is 16.1. The fraction of sp³-hybridized carbons (Fsp3) is 0.200. The summed E-state index contributed by atoms with van der Waals surface area (Å²) in [6.45, 7) is 2.31. The van der Waals surface area contributed by atoms with Crippen LogP contribution in [0.5, 0.6) is 0 Å². The monoisotopic (exact) mass is 549 g/mol. The van der Waals surface area contributed by atoms with Gasteiger partial charge in [0.15, 0.2) is 0 Å². The molecule has 0 saturated heterocycles. The summed E-state index contributed by atoms with van der Waals surface area (Å²) in [5, 5.41) is 8.73. The number of carbonyl (C=O) groups is 1. The van der Waals surface area contributed by atoms with Gasteiger partial charge in [0.1, 0.15) is 6.54 Å². The van der Waals surface area contributed by atoms with E-state index in [0.717, 1.165) is 16.1 Å². The molecule has 0 bridgehead atoms. The van der Waals surface area contributed by atoms with Crippen molar-refractivity contribution in [1.29, 1.82) is 0 Å². The van der Waals surface area contributed by atoms with Gasteiger partial charge < -0.3 is 5.32 Å². The maximum atomic E-state index is 13.2. The maximum absolute atomic E-state index is 13.2. The van der Waals surface area contributed by atoms with Gasteiger partial charge in [-0.1, -0.05) is 70.0 Å². The van der Waals surface area contributed by atoms with Crippen molar-refractivity contribution in [3.05, 3.63) is 99.0 Å². The van der Waals surface area contributed by atoms with Crippen LogP contribution in [0.3, 0.4) is 0 Å². The molecule has 1 heterocycles. The molecule has 0 radical (unpaired) electrons. The van der Waals surface area contributed by atoms with Crippen LogP contribution in [0.15, 0.2) is 82.4 Å². The number of amides is 1. The number of rotatable bonds is 5. The molecular weight excluding hydrogens is 531 g/mol. The van der Waals surface area contributed by atoms with Gasteiger partial charge in [-0.3, -0.25) is 9.80 Å². The number of carbonyl (C=O) groups excluding carboxylic acids is 1. The van der Waals surface area contributed by atoms with E-state index in [1.165, 1.54) is 12.1 Å². The van der Waals surface area contributed by atoms with E-state index in [0.29, 0.717) is 23.5 Å². The second kappa shape index (κ2) is 9.43. The van der Waals surface area contributed by atoms with Gasteiger partial charge in [0.25, 0.3) is 0 Å². The minimum atomic E-state index is -4.55. The van der Waals surface area contributed by atoms with Crippen molar-refractivity contribution in [2.24, 2.45) is 5.10 Å². The normalized spacial score (nSPS) is 18.1. The Bertz CT molecular complexity index is 1250. The van der Waals surface area contributed by atoms with Gasteiger partial charge in [0.2, 0.25) is 5.91 Å². The third-order valence-electron chi connectivity index (χ3n) is 5.66. The Balaban J connectivity index is 1.65. The summed E-state index contributed by atoms with van der Waals surface area (Å²) >= 11 is 9.37. The highest BCUT2D eigenvalue weighted by Gasteiger charge is 2.42. The molecule has 176 valence electrons. The Hall–Kier alpha value is -2.84. The third-order valence-corrected chi connectivity index (χ3v) is 6.46. The molecule has 1 atom stereocenters. The summed E-state index contributed by atoms with van der Waals surface area (Å²) in [6.07, 6.45) is -4.55. The van der Waals surface area contributed by atoms with E-state index in [1.54, 1.807) is 17.1 Å². The highest BCUT2D eigenvalue weighted by molar-refractivity contribution is 9.10. The zero-order chi connectivity index (χ0) is 24.5. The van der Waals surface area contributed by atoms with E-state index >= 15 is 0 Å². The molecule has 34 heavy (non-hydrogen) atoms. The van der Waals surface area contributed by atoms with Crippen LogP contribution in [-0.4, -0.2) is 29.7 Å². The molecule has 4 rings (SSSR count). The number of anilines is 1. The van der Waals surface area contributed by atoms with Crippen molar-refractivity contribution in [1.82, 2.24) is 5.01 Å². The summed E-state index contributed by atoms with van der Waals surface area (Å²) < 4.78 is 40.5. The maximum Gasteiger partial charge on any atom is 0.417 e. The summed E-state index contributed by atoms with van der Waals surface area (Å²) in [4.78, 5) is 12.7. The summed E-state index contributed by atoms with van der Waals surface area (Å²) in [5.74, 6) is -0.260. The van der Waals surface area contributed by atoms with E-state index in [1.807, 2.05) is 49.4 Å². The first kappa shape index (κ1) is 24.3. The quantitative estimate of drug-likeness (QED) is 0.383. The minimum absolute atomic E-state index is 0.0210. The fourth-order valence-corrected chi connectivity index (χ4v) is 4.74. The van der Waals surface area contributed by atoms with Crippen molar-refractivity contribution in [2.45, 2.75) is 18.5 Å². The zero-order valence-electron chi connectivity index (χ0n) is 18.0. The number of nitrogens with zero attached hydrogens (tertiary/aromatic N) is 2. The average Bonchev–Trinajstić information content (AvgIpc) is 3.10. The van der Waals surface area contributed by atoms with Crippen LogP contribution in [-0.2, 0) is 16.4 Å². The topological polar surface area (TPSA) is 44.7 Å². The highest BCUT2D eigenvalue weighted by Crippen LogP contribution is 2.39. The van der Waals surface area contributed by atoms with Gasteiger partial charge in [-0.15, -0.1) is 0 Å². The fourth-order valence-electron chi connectivity index (χ4n) is 4.05. The van der Waals surface area contributed by atoms with E-state index in [-0.39, 0.29) is 12.5 Å². The second-order valence-electron chi connectivity index (χ2n) is 8.22. The van der Waals surface area contributed by atoms with E-state index in [9.17, 15) is 18.0 Å². The molecule has 0 fully saturated rings. The van der Waals surface area contributed by atoms with Gasteiger partial charge in [-0.05, 0) is 42.8 Å². The van der Waals surface area contributed by atoms with Crippen LogP contribution >= 0.6 is 27.5 Å². The largest absolute Gasteiger partial charge is 0.417 e. The molecule has 3 aromatic rings. The third kappa shape index (κ3) is 5.13. The van der Waals surface area contributed by atoms with Crippen molar-refractivity contribution >= 4 is 44.8 Å². The number of nitrogens with one attached hydrogen (secondary N) is 1. The zero-order valence-corrected chi connectivity index (χ0v) is 20.4. The van der Waals surface area contributed by atoms with Crippen molar-refractivity contribution in [3.63, 3.8) is 0 Å². The molecule has 4 nitrogen and oxygen atoms in total. The molecule has 3 aromatic carbocycles. The van der Waals surface area contributed by atoms with Crippen LogP contribution in [0.1, 0.15) is 23.6 Å². The SMILES string of the molecule is CC1(c2ccccc2)CN(CC(=O)Nc2cccc(Br)c2)N=C1c1ccc(C(F)(F)F)c(Cl)c1. The number of halogens is 5. The lowest BCUT2D eigenvalue weighted by atomic mass is 9.76. The van der Waals surface area contributed by atoms with Crippen LogP contribution < -0.4 is 5.32 Å². The van der Waals surface area contributed by atoms with Gasteiger partial charge in [0, 0.05) is 15.7 Å². The second-order valence-corrected chi connectivity index (χ2v) is 9.54. The summed E-state index contributed by atoms with van der Waals surface area (Å²) in [6, 6.07) is 20.4. The van der Waals surface area contributed by atoms with E-state index in [2.05, 4.69) is 26.3 Å². The molecule has 0 spiro atoms. The van der Waals surface area contributed by atoms with Gasteiger partial charge in [-0.2, -0.15) is 18.3 Å². The average molecular weight is 551 g/mol. The van der Waals surface area contributed by atoms with Gasteiger partial charge in [0.05, 0.1) is 28.3 Å². The predicted octanol–water partition coefficient (Wildman–Crippen LogP) is 6.74. The molecule has 9 heteroatoms. The smallest absolute Gasteiger partial charge is 0.324 e. The number of hydrazone groups is 1. The molecule has 0 saturated carbocycles. The minimum Gasteiger partial charge on any atom is -0.324 e. The van der Waals surface area contributed by atoms with Crippen LogP contribution in [0.2, 0.25) is 5.02 Å². The van der Waals surface area contributed by atoms with Crippen LogP contribution in [0.4, 0.5) is 18.9 Å². The summed E-state index contributed by atoms with van der Waals surface area (Å²) in [5.41, 5.74) is 1.02. The molecule has 1 N–H and O–H groups in total. The molecule has 1 aliphatic rings. The Morgan fingerprint density at radius 2 is 1.85 bits per heavy atom. The lowest BCUT2D eigenvalue weighted by Gasteiger charge is -2.27. The van der Waals surface area contributed by atoms with Crippen molar-refractivity contribution < 1.29 is 18.0 Å². The Morgan fingerprint density at radius 3 is 2.50 bits per heavy atom. The first-order valence-corrected chi connectivity index (χ1v) is 11.6. The Labute approximate surface area is 208 Å². The molecule has 1 unspecified atom stereocenters. The lowest BCUT2D eigenvalue weighted by molar-refractivity contribution is -0.137. The highest BCUT2D eigenvalue weighted by atomic mass is 79.9. The standard InChI is InChI=1S/C25H20BrClF3N3O/c1-24(17-6-3-2-4-7-17)15-33(14-22(34)31-19-9-5-8-18(26)13-19)32-23(24)16-10-11-20(21(27)12-16)25(28,29)30/h2-13H,14-15H2,1H3,(H,31,34). The van der Waals surface area contributed by atoms with Gasteiger partial charge >= 0.3 is 6.18 Å². The Morgan fingerprint density at radius 1 is 1.12 bits per heavy atom. The van der Waals surface area contributed by atoms with E-state index < -0.39 is 22.2 Å². The molecular formula is C25H20BrClF3N3O. The van der Waals surface area contributed by atoms with Crippen molar-refractivity contribution in [2.75, 3.05) is 18.4 Å². The number of alkyl halides is 3. The first-order valence-electron chi connectivity index (χ1n) is 10.4. The lowest BCUT2D eigenvalue weighted by Crippen LogP contribution is -2.38. The number of hydrogen-bond acceptors (Lipinski definition) is 3. The van der Waals surface area contributed by atoms with Crippen LogP contribution in [0.25, 0.3) is 0 Å². The molecule has 1 amide bonds. The number of hydrogen-bond donors (Lipinski definition) is 1. The summed E-state index contributed by atoms with van der Waals surface area (Å²) in [7, 11) is 0. The molecule has 0 aliphatic carbocycles. The molecule has 1 aliphatic heterocycles. The number of benzene rings is 3. The Kier molecular flexibility index (Phi) is 6.73. The van der Waals surface area contributed by atoms with Crippen LogP contribution in [0, 0.1) is 0 Å². The van der Waals surface area contributed by atoms with Crippen molar-refractivity contribution in [3.8, 4) is 0 Å². The van der Waals surface area contributed by atoms with E-state index in [4.69, 9.17) is 11.6 Å². The van der Waals surface area contributed by atoms with Gasteiger partial charge in [-0.25, -0.2) is 0 Å². The predicted molar refractivity (Wildman–Crippen MR) is 131 cm³/mol.